The Morgan fingerprint density at radius 3 is 2.77 bits per heavy atom. The van der Waals surface area contributed by atoms with Gasteiger partial charge in [0.05, 0.1) is 6.54 Å². The predicted molar refractivity (Wildman–Crippen MR) is 79.0 cm³/mol. The summed E-state index contributed by atoms with van der Waals surface area (Å²) < 4.78 is 1.76. The van der Waals surface area contributed by atoms with Crippen LogP contribution in [0, 0.1) is 0 Å². The van der Waals surface area contributed by atoms with E-state index < -0.39 is 6.04 Å². The van der Waals surface area contributed by atoms with Crippen LogP contribution in [0.1, 0.15) is 23.3 Å². The Labute approximate surface area is 128 Å². The van der Waals surface area contributed by atoms with Crippen LogP contribution in [0.4, 0.5) is 0 Å². The SMILES string of the molecule is CN1CC(=O)N2CC[C@H](NC(=O)c3cccn3C)C[C@H]2C1=O. The van der Waals surface area contributed by atoms with Crippen LogP contribution in [-0.4, -0.2) is 64.3 Å². The van der Waals surface area contributed by atoms with Gasteiger partial charge in [-0.25, -0.2) is 0 Å². The van der Waals surface area contributed by atoms with Crippen molar-refractivity contribution in [2.45, 2.75) is 24.9 Å². The minimum absolute atomic E-state index is 0.0145. The predicted octanol–water partition coefficient (Wildman–Crippen LogP) is -0.413. The number of aryl methyl sites for hydroxylation is 1. The summed E-state index contributed by atoms with van der Waals surface area (Å²) in [5.74, 6) is -0.203. The third kappa shape index (κ3) is 2.47. The number of fused-ring (bicyclic) bond motifs is 1. The van der Waals surface area contributed by atoms with Crippen molar-refractivity contribution in [1.82, 2.24) is 19.7 Å². The van der Waals surface area contributed by atoms with Gasteiger partial charge >= 0.3 is 0 Å². The molecule has 2 saturated heterocycles. The highest BCUT2D eigenvalue weighted by Crippen LogP contribution is 2.23. The summed E-state index contributed by atoms with van der Waals surface area (Å²) in [5.41, 5.74) is 0.589. The number of rotatable bonds is 2. The molecule has 2 atom stereocenters. The number of carbonyl (C=O) groups is 3. The average Bonchev–Trinajstić information content (AvgIpc) is 2.91. The summed E-state index contributed by atoms with van der Waals surface area (Å²) in [6.45, 7) is 0.664. The summed E-state index contributed by atoms with van der Waals surface area (Å²) >= 11 is 0. The summed E-state index contributed by atoms with van der Waals surface area (Å²) in [6, 6.07) is 3.04. The first kappa shape index (κ1) is 14.6. The highest BCUT2D eigenvalue weighted by molar-refractivity contribution is 5.95. The van der Waals surface area contributed by atoms with Crippen molar-refractivity contribution in [3.05, 3.63) is 24.0 Å². The molecule has 0 aromatic carbocycles. The molecule has 2 aliphatic rings. The van der Waals surface area contributed by atoms with Gasteiger partial charge in [0.1, 0.15) is 11.7 Å². The van der Waals surface area contributed by atoms with Gasteiger partial charge in [-0.1, -0.05) is 0 Å². The van der Waals surface area contributed by atoms with E-state index in [0.29, 0.717) is 25.1 Å². The van der Waals surface area contributed by atoms with Crippen LogP contribution in [0.15, 0.2) is 18.3 Å². The molecule has 7 nitrogen and oxygen atoms in total. The second-order valence-corrected chi connectivity index (χ2v) is 6.00. The summed E-state index contributed by atoms with van der Waals surface area (Å²) in [4.78, 5) is 39.6. The molecule has 0 saturated carbocycles. The standard InChI is InChI=1S/C15H20N4O3/c1-17-6-3-4-11(17)14(21)16-10-5-7-19-12(8-10)15(22)18(2)9-13(19)20/h3-4,6,10,12H,5,7-9H2,1-2H3,(H,16,21)/t10-,12-/m0/s1. The number of hydrogen-bond acceptors (Lipinski definition) is 3. The third-order valence-electron chi connectivity index (χ3n) is 4.47. The van der Waals surface area contributed by atoms with E-state index in [1.165, 1.54) is 4.90 Å². The van der Waals surface area contributed by atoms with Gasteiger partial charge < -0.3 is 19.7 Å². The van der Waals surface area contributed by atoms with E-state index in [-0.39, 0.29) is 30.3 Å². The fourth-order valence-corrected chi connectivity index (χ4v) is 3.21. The zero-order valence-electron chi connectivity index (χ0n) is 12.8. The van der Waals surface area contributed by atoms with Gasteiger partial charge in [0.25, 0.3) is 5.91 Å². The first-order valence-electron chi connectivity index (χ1n) is 7.44. The van der Waals surface area contributed by atoms with E-state index in [1.807, 2.05) is 19.3 Å². The van der Waals surface area contributed by atoms with E-state index >= 15 is 0 Å². The fraction of sp³-hybridized carbons (Fsp3) is 0.533. The molecule has 3 heterocycles. The van der Waals surface area contributed by atoms with Crippen molar-refractivity contribution in [1.29, 1.82) is 0 Å². The lowest BCUT2D eigenvalue weighted by Crippen LogP contribution is -2.63. The molecule has 0 spiro atoms. The second-order valence-electron chi connectivity index (χ2n) is 6.00. The Bertz CT molecular complexity index is 624. The van der Waals surface area contributed by atoms with E-state index in [2.05, 4.69) is 5.32 Å². The Hall–Kier alpha value is -2.31. The Morgan fingerprint density at radius 1 is 1.32 bits per heavy atom. The topological polar surface area (TPSA) is 74.7 Å². The van der Waals surface area contributed by atoms with Crippen molar-refractivity contribution >= 4 is 17.7 Å². The highest BCUT2D eigenvalue weighted by Gasteiger charge is 2.42. The number of nitrogens with zero attached hydrogens (tertiary/aromatic N) is 3. The number of hydrogen-bond donors (Lipinski definition) is 1. The number of nitrogens with one attached hydrogen (secondary N) is 1. The lowest BCUT2D eigenvalue weighted by atomic mass is 9.94. The number of aromatic nitrogens is 1. The van der Waals surface area contributed by atoms with Crippen LogP contribution in [0.3, 0.4) is 0 Å². The molecule has 3 rings (SSSR count). The number of carbonyl (C=O) groups excluding carboxylic acids is 3. The van der Waals surface area contributed by atoms with Gasteiger partial charge in [-0.2, -0.15) is 0 Å². The highest BCUT2D eigenvalue weighted by atomic mass is 16.2. The molecule has 2 fully saturated rings. The summed E-state index contributed by atoms with van der Waals surface area (Å²) in [6.07, 6.45) is 2.97. The van der Waals surface area contributed by atoms with Crippen molar-refractivity contribution in [2.24, 2.45) is 7.05 Å². The molecule has 1 aromatic rings. The summed E-state index contributed by atoms with van der Waals surface area (Å²) in [5, 5.41) is 2.98. The molecule has 1 aromatic heterocycles. The smallest absolute Gasteiger partial charge is 0.268 e. The van der Waals surface area contributed by atoms with Crippen LogP contribution < -0.4 is 5.32 Å². The van der Waals surface area contributed by atoms with E-state index in [0.717, 1.165) is 0 Å². The molecule has 7 heteroatoms. The molecule has 0 unspecified atom stereocenters. The molecule has 3 amide bonds. The lowest BCUT2D eigenvalue weighted by Gasteiger charge is -2.44. The van der Waals surface area contributed by atoms with Crippen LogP contribution in [-0.2, 0) is 16.6 Å². The Morgan fingerprint density at radius 2 is 2.09 bits per heavy atom. The lowest BCUT2D eigenvalue weighted by molar-refractivity contribution is -0.156. The quantitative estimate of drug-likeness (QED) is 0.807. The maximum absolute atomic E-state index is 12.3. The number of piperidine rings is 1. The van der Waals surface area contributed by atoms with Crippen molar-refractivity contribution in [3.63, 3.8) is 0 Å². The normalized spacial score (nSPS) is 25.2. The van der Waals surface area contributed by atoms with Gasteiger partial charge in [0.2, 0.25) is 11.8 Å². The van der Waals surface area contributed by atoms with E-state index in [1.54, 1.807) is 22.6 Å². The molecule has 0 bridgehead atoms. The largest absolute Gasteiger partial charge is 0.348 e. The van der Waals surface area contributed by atoms with E-state index in [9.17, 15) is 14.4 Å². The number of amides is 3. The second kappa shape index (κ2) is 5.47. The van der Waals surface area contributed by atoms with Crippen molar-refractivity contribution in [2.75, 3.05) is 20.1 Å². The molecule has 1 N–H and O–H groups in total. The molecule has 22 heavy (non-hydrogen) atoms. The Balaban J connectivity index is 1.68. The van der Waals surface area contributed by atoms with E-state index in [4.69, 9.17) is 0 Å². The van der Waals surface area contributed by atoms with Crippen LogP contribution in [0.25, 0.3) is 0 Å². The molecular weight excluding hydrogens is 284 g/mol. The number of piperazine rings is 1. The first-order chi connectivity index (χ1) is 10.5. The molecule has 118 valence electrons. The van der Waals surface area contributed by atoms with Crippen molar-refractivity contribution in [3.8, 4) is 0 Å². The first-order valence-corrected chi connectivity index (χ1v) is 7.44. The van der Waals surface area contributed by atoms with Crippen molar-refractivity contribution < 1.29 is 14.4 Å². The maximum atomic E-state index is 12.3. The molecular formula is C15H20N4O3. The van der Waals surface area contributed by atoms with Crippen LogP contribution in [0.2, 0.25) is 0 Å². The third-order valence-corrected chi connectivity index (χ3v) is 4.47. The maximum Gasteiger partial charge on any atom is 0.268 e. The van der Waals surface area contributed by atoms with Crippen LogP contribution >= 0.6 is 0 Å². The molecule has 2 aliphatic heterocycles. The number of likely N-dealkylation sites (N-methyl/N-ethyl adjacent to an activating group) is 1. The van der Waals surface area contributed by atoms with Gasteiger partial charge in [0, 0.05) is 32.9 Å². The van der Waals surface area contributed by atoms with Gasteiger partial charge in [0.15, 0.2) is 0 Å². The minimum atomic E-state index is -0.446. The molecule has 0 aliphatic carbocycles. The minimum Gasteiger partial charge on any atom is -0.348 e. The van der Waals surface area contributed by atoms with Gasteiger partial charge in [-0.15, -0.1) is 0 Å². The molecule has 0 radical (unpaired) electrons. The Kier molecular flexibility index (Phi) is 3.64. The average molecular weight is 304 g/mol. The summed E-state index contributed by atoms with van der Waals surface area (Å²) in [7, 11) is 3.46. The monoisotopic (exact) mass is 304 g/mol. The zero-order valence-corrected chi connectivity index (χ0v) is 12.8. The van der Waals surface area contributed by atoms with Gasteiger partial charge in [-0.3, -0.25) is 14.4 Å². The fourth-order valence-electron chi connectivity index (χ4n) is 3.21. The van der Waals surface area contributed by atoms with Crippen LogP contribution in [0.5, 0.6) is 0 Å². The van der Waals surface area contributed by atoms with Gasteiger partial charge in [-0.05, 0) is 25.0 Å². The zero-order chi connectivity index (χ0) is 15.9.